The molecule has 0 rings (SSSR count). The highest BCUT2D eigenvalue weighted by molar-refractivity contribution is 7.16. The molecule has 0 spiro atoms. The van der Waals surface area contributed by atoms with Gasteiger partial charge >= 0.3 is 0 Å². The van der Waals surface area contributed by atoms with E-state index in [9.17, 15) is 0 Å². The quantitative estimate of drug-likeness (QED) is 0.235. The van der Waals surface area contributed by atoms with Crippen LogP contribution in [0.15, 0.2) is 0 Å². The molecule has 0 amide bonds. The summed E-state index contributed by atoms with van der Waals surface area (Å²) in [6.07, 6.45) is 21.2. The fraction of sp³-hybridized carbons (Fsp3) is 1.00. The molecule has 0 aromatic carbocycles. The van der Waals surface area contributed by atoms with Crippen LogP contribution in [0.5, 0.6) is 0 Å². The minimum Gasteiger partial charge on any atom is -0.0654 e. The summed E-state index contributed by atoms with van der Waals surface area (Å²) in [5, 5.41) is 0. The summed E-state index contributed by atoms with van der Waals surface area (Å²) in [6.45, 7) is 2.29. The van der Waals surface area contributed by atoms with E-state index in [0.29, 0.717) is 0 Å². The van der Waals surface area contributed by atoms with E-state index in [1.54, 1.807) is 0 Å². The van der Waals surface area contributed by atoms with Crippen LogP contribution in [0.3, 0.4) is 0 Å². The van der Waals surface area contributed by atoms with Crippen LogP contribution in [0.4, 0.5) is 0 Å². The zero-order valence-electron chi connectivity index (χ0n) is 12.1. The number of hydrogen-bond acceptors (Lipinski definition) is 0. The third-order valence-electron chi connectivity index (χ3n) is 3.51. The molecule has 0 aliphatic heterocycles. The van der Waals surface area contributed by atoms with E-state index in [2.05, 4.69) is 16.2 Å². The van der Waals surface area contributed by atoms with Crippen LogP contribution in [0, 0.1) is 0 Å². The SMILES string of the molecule is CCCCCCCCCCCCCCCC[P]. The Balaban J connectivity index is 2.85. The maximum atomic E-state index is 4.23. The summed E-state index contributed by atoms with van der Waals surface area (Å²) in [6, 6.07) is 0. The van der Waals surface area contributed by atoms with Gasteiger partial charge in [-0.1, -0.05) is 90.4 Å². The Morgan fingerprint density at radius 3 is 1.06 bits per heavy atom. The first-order valence-electron chi connectivity index (χ1n) is 8.02. The monoisotopic (exact) mass is 256 g/mol. The molecule has 0 heterocycles. The van der Waals surface area contributed by atoms with Gasteiger partial charge in [0.1, 0.15) is 0 Å². The van der Waals surface area contributed by atoms with Gasteiger partial charge in [-0.2, -0.15) is 0 Å². The lowest BCUT2D eigenvalue weighted by atomic mass is 10.0. The van der Waals surface area contributed by atoms with Gasteiger partial charge in [0.2, 0.25) is 0 Å². The number of rotatable bonds is 14. The smallest absolute Gasteiger partial charge is 0.0242 e. The molecule has 0 atom stereocenters. The third-order valence-corrected chi connectivity index (χ3v) is 3.83. The highest BCUT2D eigenvalue weighted by Gasteiger charge is 1.93. The summed E-state index contributed by atoms with van der Waals surface area (Å²) in [4.78, 5) is 0. The van der Waals surface area contributed by atoms with Gasteiger partial charge in [-0.3, -0.25) is 0 Å². The normalized spacial score (nSPS) is 10.9. The minimum absolute atomic E-state index is 1.07. The molecule has 17 heavy (non-hydrogen) atoms. The molecule has 0 bridgehead atoms. The molecule has 0 nitrogen and oxygen atoms in total. The van der Waals surface area contributed by atoms with Crippen molar-refractivity contribution in [3.05, 3.63) is 0 Å². The van der Waals surface area contributed by atoms with Crippen molar-refractivity contribution >= 4 is 9.24 Å². The van der Waals surface area contributed by atoms with Gasteiger partial charge in [0, 0.05) is 0 Å². The predicted octanol–water partition coefficient (Wildman–Crippen LogP) is 6.88. The van der Waals surface area contributed by atoms with E-state index in [4.69, 9.17) is 0 Å². The molecule has 0 fully saturated rings. The fourth-order valence-electron chi connectivity index (χ4n) is 2.31. The first kappa shape index (κ1) is 17.4. The van der Waals surface area contributed by atoms with Gasteiger partial charge in [-0.05, 0) is 21.8 Å². The fourth-order valence-corrected chi connectivity index (χ4v) is 2.53. The average molecular weight is 256 g/mol. The second kappa shape index (κ2) is 16.4. The molecule has 0 saturated carbocycles. The van der Waals surface area contributed by atoms with Crippen molar-refractivity contribution in [2.75, 3.05) is 6.16 Å². The maximum absolute atomic E-state index is 4.23. The van der Waals surface area contributed by atoms with Gasteiger partial charge in [-0.25, -0.2) is 0 Å². The predicted molar refractivity (Wildman–Crippen MR) is 82.1 cm³/mol. The van der Waals surface area contributed by atoms with Crippen molar-refractivity contribution in [2.24, 2.45) is 0 Å². The number of unbranched alkanes of at least 4 members (excludes halogenated alkanes) is 13. The molecule has 0 aromatic heterocycles. The van der Waals surface area contributed by atoms with Crippen LogP contribution < -0.4 is 0 Å². The number of hydrogen-bond donors (Lipinski definition) is 0. The molecule has 0 N–H and O–H groups in total. The molecule has 1 heteroatoms. The highest BCUT2D eigenvalue weighted by atomic mass is 31.0. The van der Waals surface area contributed by atoms with Crippen LogP contribution in [-0.2, 0) is 0 Å². The highest BCUT2D eigenvalue weighted by Crippen LogP contribution is 2.12. The molecular formula is C16H33P. The maximum Gasteiger partial charge on any atom is -0.0242 e. The van der Waals surface area contributed by atoms with Crippen LogP contribution in [0.2, 0.25) is 0 Å². The Labute approximate surface area is 113 Å². The van der Waals surface area contributed by atoms with Gasteiger partial charge in [-0.15, -0.1) is 0 Å². The Morgan fingerprint density at radius 1 is 0.471 bits per heavy atom. The molecule has 0 aromatic rings. The van der Waals surface area contributed by atoms with Crippen molar-refractivity contribution in [1.29, 1.82) is 0 Å². The van der Waals surface area contributed by atoms with Gasteiger partial charge < -0.3 is 0 Å². The average Bonchev–Trinajstić information content (AvgIpc) is 2.35. The standard InChI is InChI=1S/C16H33P/c1-2-3-4-5-6-7-8-9-10-11-12-13-14-15-16-17/h2-16H2,1H3. The van der Waals surface area contributed by atoms with Crippen LogP contribution in [0.1, 0.15) is 96.8 Å². The Bertz CT molecular complexity index is 109. The summed E-state index contributed by atoms with van der Waals surface area (Å²) in [7, 11) is 4.23. The second-order valence-corrected chi connectivity index (χ2v) is 5.77. The first-order valence-corrected chi connectivity index (χ1v) is 8.66. The zero-order valence-corrected chi connectivity index (χ0v) is 12.9. The zero-order chi connectivity index (χ0) is 12.6. The van der Waals surface area contributed by atoms with Crippen molar-refractivity contribution in [1.82, 2.24) is 0 Å². The van der Waals surface area contributed by atoms with Gasteiger partial charge in [0.05, 0.1) is 0 Å². The summed E-state index contributed by atoms with van der Waals surface area (Å²) in [5.41, 5.74) is 0. The Kier molecular flexibility index (Phi) is 16.8. The lowest BCUT2D eigenvalue weighted by Gasteiger charge is -2.02. The summed E-state index contributed by atoms with van der Waals surface area (Å²) >= 11 is 0. The Hall–Kier alpha value is 0.430. The summed E-state index contributed by atoms with van der Waals surface area (Å²) in [5.74, 6) is 0. The molecule has 2 radical (unpaired) electrons. The largest absolute Gasteiger partial charge is 0.0654 e. The first-order chi connectivity index (χ1) is 8.41. The minimum atomic E-state index is 1.07. The molecule has 0 unspecified atom stereocenters. The van der Waals surface area contributed by atoms with Crippen molar-refractivity contribution in [2.45, 2.75) is 96.8 Å². The topological polar surface area (TPSA) is 0 Å². The second-order valence-electron chi connectivity index (χ2n) is 5.32. The molecule has 0 saturated heterocycles. The van der Waals surface area contributed by atoms with Gasteiger partial charge in [0.15, 0.2) is 0 Å². The van der Waals surface area contributed by atoms with Gasteiger partial charge in [0.25, 0.3) is 0 Å². The van der Waals surface area contributed by atoms with Crippen molar-refractivity contribution in [3.63, 3.8) is 0 Å². The molecule has 0 aliphatic carbocycles. The van der Waals surface area contributed by atoms with E-state index in [1.807, 2.05) is 0 Å². The van der Waals surface area contributed by atoms with E-state index >= 15 is 0 Å². The van der Waals surface area contributed by atoms with E-state index in [1.165, 1.54) is 89.9 Å². The molecular weight excluding hydrogens is 223 g/mol. The van der Waals surface area contributed by atoms with E-state index in [0.717, 1.165) is 6.16 Å². The molecule has 102 valence electrons. The van der Waals surface area contributed by atoms with E-state index < -0.39 is 0 Å². The lowest BCUT2D eigenvalue weighted by Crippen LogP contribution is -1.83. The van der Waals surface area contributed by atoms with E-state index in [-0.39, 0.29) is 0 Å². The Morgan fingerprint density at radius 2 is 0.765 bits per heavy atom. The third kappa shape index (κ3) is 16.4. The van der Waals surface area contributed by atoms with Crippen LogP contribution in [-0.4, -0.2) is 6.16 Å². The van der Waals surface area contributed by atoms with Crippen LogP contribution in [0.25, 0.3) is 0 Å². The van der Waals surface area contributed by atoms with Crippen LogP contribution >= 0.6 is 9.24 Å². The van der Waals surface area contributed by atoms with Crippen molar-refractivity contribution < 1.29 is 0 Å². The van der Waals surface area contributed by atoms with Crippen molar-refractivity contribution in [3.8, 4) is 0 Å². The summed E-state index contributed by atoms with van der Waals surface area (Å²) < 4.78 is 0. The lowest BCUT2D eigenvalue weighted by molar-refractivity contribution is 0.538. The molecule has 0 aliphatic rings.